The molecule has 20 heavy (non-hydrogen) atoms. The summed E-state index contributed by atoms with van der Waals surface area (Å²) in [5.74, 6) is 0.474. The summed E-state index contributed by atoms with van der Waals surface area (Å²) in [6.45, 7) is 2.49. The first kappa shape index (κ1) is 14.0. The predicted molar refractivity (Wildman–Crippen MR) is 78.0 cm³/mol. The van der Waals surface area contributed by atoms with Crippen LogP contribution in [0.25, 0.3) is 0 Å². The van der Waals surface area contributed by atoms with Crippen LogP contribution in [-0.4, -0.2) is 16.5 Å². The summed E-state index contributed by atoms with van der Waals surface area (Å²) in [7, 11) is 0. The number of anilines is 1. The molecule has 0 radical (unpaired) electrons. The monoisotopic (exact) mass is 267 g/mol. The Balaban J connectivity index is 1.90. The van der Waals surface area contributed by atoms with Crippen molar-refractivity contribution in [3.05, 3.63) is 53.3 Å². The Labute approximate surface area is 118 Å². The van der Waals surface area contributed by atoms with Gasteiger partial charge in [-0.05, 0) is 25.0 Å². The van der Waals surface area contributed by atoms with E-state index in [1.165, 1.54) is 0 Å². The van der Waals surface area contributed by atoms with Crippen molar-refractivity contribution in [3.63, 3.8) is 0 Å². The Kier molecular flexibility index (Phi) is 4.64. The van der Waals surface area contributed by atoms with E-state index >= 15 is 0 Å². The normalized spacial score (nSPS) is 11.7. The number of hydrogen-bond donors (Lipinski definition) is 2. The van der Waals surface area contributed by atoms with Gasteiger partial charge in [0.25, 0.3) is 0 Å². The third kappa shape index (κ3) is 3.77. The lowest BCUT2D eigenvalue weighted by atomic mass is 10.1. The van der Waals surface area contributed by atoms with Crippen LogP contribution in [0.15, 0.2) is 36.4 Å². The highest BCUT2D eigenvalue weighted by molar-refractivity contribution is 5.33. The van der Waals surface area contributed by atoms with Gasteiger partial charge >= 0.3 is 0 Å². The molecule has 1 heterocycles. The standard InChI is InChI=1S/C15H17N5/c1-11-9-13(10-16)20-15(19-11)18-8-7-14(17)12-5-3-2-4-6-12/h2-6,9,14H,7-8,17H2,1H3,(H,18,19,20). The zero-order valence-corrected chi connectivity index (χ0v) is 11.4. The molecule has 0 bridgehead atoms. The van der Waals surface area contributed by atoms with Gasteiger partial charge < -0.3 is 11.1 Å². The molecule has 1 aromatic carbocycles. The van der Waals surface area contributed by atoms with Crippen molar-refractivity contribution < 1.29 is 0 Å². The lowest BCUT2D eigenvalue weighted by Gasteiger charge is -2.12. The van der Waals surface area contributed by atoms with Crippen molar-refractivity contribution >= 4 is 5.95 Å². The van der Waals surface area contributed by atoms with Crippen LogP contribution >= 0.6 is 0 Å². The molecule has 0 aliphatic rings. The van der Waals surface area contributed by atoms with Crippen molar-refractivity contribution in [2.24, 2.45) is 5.73 Å². The van der Waals surface area contributed by atoms with Gasteiger partial charge in [-0.3, -0.25) is 0 Å². The number of rotatable bonds is 5. The van der Waals surface area contributed by atoms with Gasteiger partial charge in [0.05, 0.1) is 0 Å². The summed E-state index contributed by atoms with van der Waals surface area (Å²) in [5, 5.41) is 12.0. The smallest absolute Gasteiger partial charge is 0.224 e. The quantitative estimate of drug-likeness (QED) is 0.866. The highest BCUT2D eigenvalue weighted by atomic mass is 15.1. The molecule has 0 spiro atoms. The molecule has 0 fully saturated rings. The number of aryl methyl sites for hydroxylation is 1. The van der Waals surface area contributed by atoms with Crippen LogP contribution in [0, 0.1) is 18.3 Å². The van der Waals surface area contributed by atoms with Crippen LogP contribution < -0.4 is 11.1 Å². The maximum absolute atomic E-state index is 8.86. The van der Waals surface area contributed by atoms with Gasteiger partial charge in [-0.2, -0.15) is 5.26 Å². The fourth-order valence-corrected chi connectivity index (χ4v) is 1.91. The number of hydrogen-bond acceptors (Lipinski definition) is 5. The van der Waals surface area contributed by atoms with Gasteiger partial charge in [0.2, 0.25) is 5.95 Å². The number of benzene rings is 1. The molecule has 5 heteroatoms. The number of nitriles is 1. The van der Waals surface area contributed by atoms with Crippen molar-refractivity contribution in [2.45, 2.75) is 19.4 Å². The molecule has 0 aliphatic heterocycles. The molecule has 102 valence electrons. The first-order chi connectivity index (χ1) is 9.69. The van der Waals surface area contributed by atoms with Gasteiger partial charge in [-0.1, -0.05) is 30.3 Å². The average Bonchev–Trinajstić information content (AvgIpc) is 2.47. The van der Waals surface area contributed by atoms with Gasteiger partial charge in [0, 0.05) is 18.3 Å². The van der Waals surface area contributed by atoms with Crippen LogP contribution in [0.4, 0.5) is 5.95 Å². The number of aromatic nitrogens is 2. The Morgan fingerprint density at radius 1 is 1.30 bits per heavy atom. The summed E-state index contributed by atoms with van der Waals surface area (Å²) in [6, 6.07) is 13.6. The van der Waals surface area contributed by atoms with Crippen LogP contribution in [0.5, 0.6) is 0 Å². The molecule has 1 aromatic heterocycles. The van der Waals surface area contributed by atoms with E-state index < -0.39 is 0 Å². The van der Waals surface area contributed by atoms with E-state index in [2.05, 4.69) is 15.3 Å². The molecule has 5 nitrogen and oxygen atoms in total. The lowest BCUT2D eigenvalue weighted by Crippen LogP contribution is -2.16. The second kappa shape index (κ2) is 6.64. The Hall–Kier alpha value is -2.45. The van der Waals surface area contributed by atoms with E-state index in [0.29, 0.717) is 18.2 Å². The van der Waals surface area contributed by atoms with Crippen LogP contribution in [0.1, 0.15) is 29.4 Å². The van der Waals surface area contributed by atoms with Gasteiger partial charge in [0.1, 0.15) is 11.8 Å². The number of nitrogens with one attached hydrogen (secondary N) is 1. The number of nitrogens with two attached hydrogens (primary N) is 1. The van der Waals surface area contributed by atoms with Crippen molar-refractivity contribution in [1.82, 2.24) is 9.97 Å². The SMILES string of the molecule is Cc1cc(C#N)nc(NCCC(N)c2ccccc2)n1. The summed E-state index contributed by atoms with van der Waals surface area (Å²) in [4.78, 5) is 8.33. The van der Waals surface area contributed by atoms with Crippen molar-refractivity contribution in [1.29, 1.82) is 5.26 Å². The van der Waals surface area contributed by atoms with E-state index in [-0.39, 0.29) is 6.04 Å². The maximum Gasteiger partial charge on any atom is 0.224 e. The average molecular weight is 267 g/mol. The predicted octanol–water partition coefficient (Wildman–Crippen LogP) is 2.16. The largest absolute Gasteiger partial charge is 0.354 e. The Bertz CT molecular complexity index is 603. The van der Waals surface area contributed by atoms with Crippen LogP contribution in [0.3, 0.4) is 0 Å². The lowest BCUT2D eigenvalue weighted by molar-refractivity contribution is 0.672. The van der Waals surface area contributed by atoms with Gasteiger partial charge in [0.15, 0.2) is 0 Å². The minimum absolute atomic E-state index is 0.0241. The molecule has 2 rings (SSSR count). The number of nitrogens with zero attached hydrogens (tertiary/aromatic N) is 3. The minimum Gasteiger partial charge on any atom is -0.354 e. The minimum atomic E-state index is -0.0241. The molecule has 1 unspecified atom stereocenters. The first-order valence-corrected chi connectivity index (χ1v) is 6.49. The summed E-state index contributed by atoms with van der Waals surface area (Å²) >= 11 is 0. The first-order valence-electron chi connectivity index (χ1n) is 6.49. The maximum atomic E-state index is 8.86. The molecule has 0 saturated carbocycles. The molecule has 0 aliphatic carbocycles. The second-order valence-corrected chi connectivity index (χ2v) is 4.56. The third-order valence-electron chi connectivity index (χ3n) is 2.93. The zero-order chi connectivity index (χ0) is 14.4. The van der Waals surface area contributed by atoms with E-state index in [0.717, 1.165) is 17.7 Å². The molecular formula is C15H17N5. The molecule has 1 atom stereocenters. The van der Waals surface area contributed by atoms with Crippen LogP contribution in [-0.2, 0) is 0 Å². The van der Waals surface area contributed by atoms with Gasteiger partial charge in [-0.25, -0.2) is 9.97 Å². The zero-order valence-electron chi connectivity index (χ0n) is 11.4. The highest BCUT2D eigenvalue weighted by Gasteiger charge is 2.06. The van der Waals surface area contributed by atoms with Crippen molar-refractivity contribution in [2.75, 3.05) is 11.9 Å². The van der Waals surface area contributed by atoms with E-state index in [9.17, 15) is 0 Å². The van der Waals surface area contributed by atoms with Gasteiger partial charge in [-0.15, -0.1) is 0 Å². The summed E-state index contributed by atoms with van der Waals surface area (Å²) in [5.41, 5.74) is 8.36. The highest BCUT2D eigenvalue weighted by Crippen LogP contribution is 2.13. The second-order valence-electron chi connectivity index (χ2n) is 4.56. The fraction of sp³-hybridized carbons (Fsp3) is 0.267. The topological polar surface area (TPSA) is 87.6 Å². The molecule has 0 saturated heterocycles. The summed E-state index contributed by atoms with van der Waals surface area (Å²) < 4.78 is 0. The van der Waals surface area contributed by atoms with Crippen molar-refractivity contribution in [3.8, 4) is 6.07 Å². The molecule has 2 aromatic rings. The molecule has 0 amide bonds. The molecular weight excluding hydrogens is 250 g/mol. The fourth-order valence-electron chi connectivity index (χ4n) is 1.91. The Morgan fingerprint density at radius 2 is 2.05 bits per heavy atom. The van der Waals surface area contributed by atoms with E-state index in [1.807, 2.05) is 43.3 Å². The summed E-state index contributed by atoms with van der Waals surface area (Å²) in [6.07, 6.45) is 0.767. The third-order valence-corrected chi connectivity index (χ3v) is 2.93. The Morgan fingerprint density at radius 3 is 2.75 bits per heavy atom. The van der Waals surface area contributed by atoms with Crippen LogP contribution in [0.2, 0.25) is 0 Å². The molecule has 3 N–H and O–H groups in total. The van der Waals surface area contributed by atoms with E-state index in [1.54, 1.807) is 6.07 Å². The van der Waals surface area contributed by atoms with E-state index in [4.69, 9.17) is 11.0 Å².